The van der Waals surface area contributed by atoms with Crippen LogP contribution in [0.3, 0.4) is 0 Å². The van der Waals surface area contributed by atoms with Crippen molar-refractivity contribution in [3.05, 3.63) is 58.3 Å². The number of benzene rings is 1. The minimum absolute atomic E-state index is 0.0824. The largest absolute Gasteiger partial charge is 0.507 e. The van der Waals surface area contributed by atoms with E-state index in [-0.39, 0.29) is 11.4 Å². The molecule has 0 aliphatic carbocycles. The molecule has 0 saturated carbocycles. The van der Waals surface area contributed by atoms with E-state index < -0.39 is 5.91 Å². The van der Waals surface area contributed by atoms with Crippen LogP contribution in [0.5, 0.6) is 5.75 Å². The van der Waals surface area contributed by atoms with E-state index in [0.717, 1.165) is 4.47 Å². The van der Waals surface area contributed by atoms with Crippen LogP contribution < -0.4 is 5.43 Å². The first kappa shape index (κ1) is 13.2. The molecule has 0 unspecified atom stereocenters. The van der Waals surface area contributed by atoms with Crippen LogP contribution in [-0.4, -0.2) is 22.2 Å². The van der Waals surface area contributed by atoms with Crippen molar-refractivity contribution in [1.82, 2.24) is 10.4 Å². The minimum Gasteiger partial charge on any atom is -0.507 e. The van der Waals surface area contributed by atoms with Crippen LogP contribution in [0.4, 0.5) is 0 Å². The molecule has 0 bridgehead atoms. The molecule has 2 aromatic rings. The van der Waals surface area contributed by atoms with Crippen molar-refractivity contribution in [1.29, 1.82) is 0 Å². The van der Waals surface area contributed by atoms with Gasteiger partial charge in [0.1, 0.15) is 11.4 Å². The van der Waals surface area contributed by atoms with Crippen molar-refractivity contribution in [3.8, 4) is 5.75 Å². The van der Waals surface area contributed by atoms with Crippen LogP contribution in [-0.2, 0) is 0 Å². The smallest absolute Gasteiger partial charge is 0.289 e. The zero-order valence-electron chi connectivity index (χ0n) is 9.75. The molecule has 2 rings (SSSR count). The van der Waals surface area contributed by atoms with E-state index >= 15 is 0 Å². The van der Waals surface area contributed by atoms with Crippen LogP contribution >= 0.6 is 15.9 Å². The summed E-state index contributed by atoms with van der Waals surface area (Å²) in [5.74, 6) is -0.328. The number of nitrogens with one attached hydrogen (secondary N) is 1. The summed E-state index contributed by atoms with van der Waals surface area (Å²) >= 11 is 3.28. The highest BCUT2D eigenvalue weighted by Crippen LogP contribution is 2.19. The number of hydrogen-bond acceptors (Lipinski definition) is 4. The third-order valence-electron chi connectivity index (χ3n) is 2.26. The zero-order chi connectivity index (χ0) is 13.7. The van der Waals surface area contributed by atoms with Gasteiger partial charge in [0.25, 0.3) is 5.91 Å². The van der Waals surface area contributed by atoms with Gasteiger partial charge in [-0.2, -0.15) is 5.10 Å². The van der Waals surface area contributed by atoms with E-state index in [2.05, 4.69) is 31.4 Å². The van der Waals surface area contributed by atoms with Crippen LogP contribution in [0.2, 0.25) is 0 Å². The fraction of sp³-hybridized carbons (Fsp3) is 0. The van der Waals surface area contributed by atoms with Crippen molar-refractivity contribution < 1.29 is 9.90 Å². The maximum Gasteiger partial charge on any atom is 0.289 e. The molecule has 1 aromatic carbocycles. The van der Waals surface area contributed by atoms with Crippen molar-refractivity contribution in [2.24, 2.45) is 5.10 Å². The predicted octanol–water partition coefficient (Wildman–Crippen LogP) is 2.31. The summed E-state index contributed by atoms with van der Waals surface area (Å²) in [4.78, 5) is 15.5. The molecular weight excluding hydrogens is 310 g/mol. The predicted molar refractivity (Wildman–Crippen MR) is 75.1 cm³/mol. The summed E-state index contributed by atoms with van der Waals surface area (Å²) in [6.45, 7) is 0. The Kier molecular flexibility index (Phi) is 4.25. The molecule has 0 atom stereocenters. The number of phenolic OH excluding ortho intramolecular Hbond substituents is 1. The van der Waals surface area contributed by atoms with Gasteiger partial charge in [0.05, 0.1) is 6.21 Å². The van der Waals surface area contributed by atoms with Crippen molar-refractivity contribution in [2.75, 3.05) is 0 Å². The molecule has 2 N–H and O–H groups in total. The Morgan fingerprint density at radius 2 is 2.21 bits per heavy atom. The van der Waals surface area contributed by atoms with Gasteiger partial charge in [0.2, 0.25) is 0 Å². The number of pyridine rings is 1. The molecule has 1 aromatic heterocycles. The first-order chi connectivity index (χ1) is 9.16. The molecule has 96 valence electrons. The highest BCUT2D eigenvalue weighted by atomic mass is 79.9. The fourth-order valence-corrected chi connectivity index (χ4v) is 1.72. The Morgan fingerprint density at radius 3 is 2.95 bits per heavy atom. The van der Waals surface area contributed by atoms with Crippen molar-refractivity contribution in [3.63, 3.8) is 0 Å². The number of aromatic hydroxyl groups is 1. The Labute approximate surface area is 118 Å². The Bertz CT molecular complexity index is 615. The molecule has 0 fully saturated rings. The highest BCUT2D eigenvalue weighted by Gasteiger charge is 2.04. The SMILES string of the molecule is O=C(NN=Cc1cc(Br)ccc1O)c1ccccn1. The van der Waals surface area contributed by atoms with Gasteiger partial charge in [-0.1, -0.05) is 22.0 Å². The molecule has 0 saturated heterocycles. The topological polar surface area (TPSA) is 74.6 Å². The second-order valence-corrected chi connectivity index (χ2v) is 4.53. The number of amides is 1. The van der Waals surface area contributed by atoms with Gasteiger partial charge in [-0.3, -0.25) is 9.78 Å². The van der Waals surface area contributed by atoms with Crippen LogP contribution in [0.15, 0.2) is 52.2 Å². The molecule has 0 radical (unpaired) electrons. The lowest BCUT2D eigenvalue weighted by Crippen LogP contribution is -2.18. The van der Waals surface area contributed by atoms with Crippen LogP contribution in [0.1, 0.15) is 16.1 Å². The number of halogens is 1. The number of nitrogens with zero attached hydrogens (tertiary/aromatic N) is 2. The third-order valence-corrected chi connectivity index (χ3v) is 2.75. The number of rotatable bonds is 3. The fourth-order valence-electron chi connectivity index (χ4n) is 1.34. The third kappa shape index (κ3) is 3.62. The minimum atomic E-state index is -0.411. The Balaban J connectivity index is 2.04. The summed E-state index contributed by atoms with van der Waals surface area (Å²) in [6, 6.07) is 9.95. The zero-order valence-corrected chi connectivity index (χ0v) is 11.3. The Morgan fingerprint density at radius 1 is 1.37 bits per heavy atom. The molecule has 1 amide bonds. The number of hydrogen-bond donors (Lipinski definition) is 2. The lowest BCUT2D eigenvalue weighted by atomic mass is 10.2. The van der Waals surface area contributed by atoms with Gasteiger partial charge in [0, 0.05) is 16.2 Å². The first-order valence-electron chi connectivity index (χ1n) is 5.40. The molecule has 0 aliphatic rings. The highest BCUT2D eigenvalue weighted by molar-refractivity contribution is 9.10. The van der Waals surface area contributed by atoms with E-state index in [0.29, 0.717) is 5.56 Å². The summed E-state index contributed by atoms with van der Waals surface area (Å²) in [5.41, 5.74) is 3.11. The summed E-state index contributed by atoms with van der Waals surface area (Å²) < 4.78 is 0.808. The number of aromatic nitrogens is 1. The van der Waals surface area contributed by atoms with Gasteiger partial charge in [-0.25, -0.2) is 5.43 Å². The summed E-state index contributed by atoms with van der Waals surface area (Å²) in [5, 5.41) is 13.4. The molecule has 19 heavy (non-hydrogen) atoms. The monoisotopic (exact) mass is 319 g/mol. The van der Waals surface area contributed by atoms with E-state index in [1.165, 1.54) is 18.5 Å². The van der Waals surface area contributed by atoms with Gasteiger partial charge >= 0.3 is 0 Å². The van der Waals surface area contributed by atoms with Gasteiger partial charge in [-0.05, 0) is 30.3 Å². The van der Waals surface area contributed by atoms with E-state index in [1.54, 1.807) is 30.3 Å². The van der Waals surface area contributed by atoms with Gasteiger partial charge < -0.3 is 5.11 Å². The average molecular weight is 320 g/mol. The van der Waals surface area contributed by atoms with Crippen LogP contribution in [0.25, 0.3) is 0 Å². The van der Waals surface area contributed by atoms with Crippen molar-refractivity contribution >= 4 is 28.1 Å². The second kappa shape index (κ2) is 6.10. The number of carbonyl (C=O) groups excluding carboxylic acids is 1. The maximum absolute atomic E-state index is 11.6. The summed E-state index contributed by atoms with van der Waals surface area (Å²) in [7, 11) is 0. The summed E-state index contributed by atoms with van der Waals surface area (Å²) in [6.07, 6.45) is 2.89. The molecule has 0 aliphatic heterocycles. The van der Waals surface area contributed by atoms with Gasteiger partial charge in [0.15, 0.2) is 0 Å². The van der Waals surface area contributed by atoms with E-state index in [1.807, 2.05) is 0 Å². The number of phenols is 1. The second-order valence-electron chi connectivity index (χ2n) is 3.62. The lowest BCUT2D eigenvalue weighted by Gasteiger charge is -2.00. The van der Waals surface area contributed by atoms with E-state index in [4.69, 9.17) is 0 Å². The number of hydrazone groups is 1. The normalized spacial score (nSPS) is 10.6. The molecular formula is C13H10BrN3O2. The first-order valence-corrected chi connectivity index (χ1v) is 6.19. The van der Waals surface area contributed by atoms with Crippen LogP contribution in [0, 0.1) is 0 Å². The quantitative estimate of drug-likeness (QED) is 0.673. The standard InChI is InChI=1S/C13H10BrN3O2/c14-10-4-5-12(18)9(7-10)8-16-17-13(19)11-3-1-2-6-15-11/h1-8,18H,(H,17,19). The number of carbonyl (C=O) groups is 1. The lowest BCUT2D eigenvalue weighted by molar-refractivity contribution is 0.0950. The molecule has 5 nitrogen and oxygen atoms in total. The Hall–Kier alpha value is -2.21. The van der Waals surface area contributed by atoms with Gasteiger partial charge in [-0.15, -0.1) is 0 Å². The van der Waals surface area contributed by atoms with Crippen molar-refractivity contribution in [2.45, 2.75) is 0 Å². The maximum atomic E-state index is 11.6. The average Bonchev–Trinajstić information content (AvgIpc) is 2.43. The molecule has 6 heteroatoms. The molecule has 1 heterocycles. The molecule has 0 spiro atoms. The van der Waals surface area contributed by atoms with E-state index in [9.17, 15) is 9.90 Å².